The van der Waals surface area contributed by atoms with Crippen molar-refractivity contribution in [1.82, 2.24) is 0 Å². The number of ether oxygens (including phenoxy) is 4. The minimum atomic E-state index is -0.768. The smallest absolute Gasteiger partial charge is 0.462 e. The third kappa shape index (κ3) is 11.8. The number of hydrogen-bond donors (Lipinski definition) is 2. The number of esters is 1. The Morgan fingerprint density at radius 2 is 1.15 bits per heavy atom. The highest BCUT2D eigenvalue weighted by Crippen LogP contribution is 2.20. The topological polar surface area (TPSA) is 147 Å². The Morgan fingerprint density at radius 3 is 1.64 bits per heavy atom. The molecule has 0 radical (unpaired) electrons. The van der Waals surface area contributed by atoms with Gasteiger partial charge in [0.05, 0.1) is 13.1 Å². The first-order valence-electron chi connectivity index (χ1n) is 12.6. The lowest BCUT2D eigenvalue weighted by Crippen LogP contribution is -2.41. The number of nitrogen functional groups attached to an aromatic ring is 2. The fourth-order valence-corrected chi connectivity index (χ4v) is 3.25. The predicted octanol–water partition coefficient (Wildman–Crippen LogP) is 4.59. The van der Waals surface area contributed by atoms with Crippen LogP contribution >= 0.6 is 0 Å². The molecule has 2 rings (SSSR count). The van der Waals surface area contributed by atoms with Crippen molar-refractivity contribution in [3.63, 3.8) is 0 Å². The third-order valence-corrected chi connectivity index (χ3v) is 4.96. The monoisotopic (exact) mass is 544 g/mol. The van der Waals surface area contributed by atoms with Crippen molar-refractivity contribution in [1.29, 1.82) is 0 Å². The number of nitrogens with zero attached hydrogens (tertiary/aromatic N) is 2. The minimum absolute atomic E-state index is 0.0134. The Kier molecular flexibility index (Phi) is 10.8. The van der Waals surface area contributed by atoms with Gasteiger partial charge >= 0.3 is 18.2 Å². The maximum absolute atomic E-state index is 12.8. The molecule has 214 valence electrons. The summed E-state index contributed by atoms with van der Waals surface area (Å²) in [4.78, 5) is 40.6. The average molecular weight is 545 g/mol. The van der Waals surface area contributed by atoms with Gasteiger partial charge in [0.2, 0.25) is 0 Å². The summed E-state index contributed by atoms with van der Waals surface area (Å²) in [6.07, 6.45) is -1.46. The second kappa shape index (κ2) is 13.6. The zero-order chi connectivity index (χ0) is 29.2. The molecule has 0 bridgehead atoms. The predicted molar refractivity (Wildman–Crippen MR) is 151 cm³/mol. The molecule has 0 saturated heterocycles. The molecule has 39 heavy (non-hydrogen) atoms. The first-order valence-corrected chi connectivity index (χ1v) is 12.6. The summed E-state index contributed by atoms with van der Waals surface area (Å²) in [5.41, 5.74) is 12.5. The van der Waals surface area contributed by atoms with E-state index in [0.29, 0.717) is 30.2 Å². The molecule has 0 fully saturated rings. The van der Waals surface area contributed by atoms with Gasteiger partial charge in [-0.2, -0.15) is 0 Å². The lowest BCUT2D eigenvalue weighted by atomic mass is 10.2. The lowest BCUT2D eigenvalue weighted by Gasteiger charge is -2.27. The van der Waals surface area contributed by atoms with E-state index in [1.165, 1.54) is 4.90 Å². The second-order valence-corrected chi connectivity index (χ2v) is 10.8. The van der Waals surface area contributed by atoms with E-state index in [9.17, 15) is 14.4 Å². The van der Waals surface area contributed by atoms with Crippen LogP contribution in [0.5, 0.6) is 0 Å². The van der Waals surface area contributed by atoms with Gasteiger partial charge in [-0.15, -0.1) is 0 Å². The van der Waals surface area contributed by atoms with Gasteiger partial charge < -0.3 is 35.3 Å². The molecule has 0 aliphatic heterocycles. The third-order valence-electron chi connectivity index (χ3n) is 4.96. The van der Waals surface area contributed by atoms with Gasteiger partial charge in [-0.1, -0.05) is 0 Å². The highest BCUT2D eigenvalue weighted by molar-refractivity contribution is 5.93. The molecule has 11 heteroatoms. The van der Waals surface area contributed by atoms with Gasteiger partial charge in [-0.3, -0.25) is 9.69 Å². The van der Waals surface area contributed by atoms with E-state index < -0.39 is 29.4 Å². The van der Waals surface area contributed by atoms with Crippen molar-refractivity contribution in [2.45, 2.75) is 52.7 Å². The van der Waals surface area contributed by atoms with Crippen LogP contribution in [-0.4, -0.2) is 62.3 Å². The highest BCUT2D eigenvalue weighted by atomic mass is 16.7. The molecule has 11 nitrogen and oxygen atoms in total. The van der Waals surface area contributed by atoms with Crippen molar-refractivity contribution in [3.8, 4) is 0 Å². The van der Waals surface area contributed by atoms with Crippen LogP contribution in [0.3, 0.4) is 0 Å². The second-order valence-electron chi connectivity index (χ2n) is 10.8. The van der Waals surface area contributed by atoms with Crippen LogP contribution in [0.25, 0.3) is 0 Å². The van der Waals surface area contributed by atoms with Crippen LogP contribution in [0.15, 0.2) is 48.5 Å². The molecule has 0 saturated carbocycles. The molecule has 0 aliphatic rings. The van der Waals surface area contributed by atoms with Crippen LogP contribution < -0.4 is 21.3 Å². The molecular formula is C28H40N4O7. The van der Waals surface area contributed by atoms with Gasteiger partial charge in [0, 0.05) is 22.7 Å². The van der Waals surface area contributed by atoms with Gasteiger partial charge in [-0.05, 0) is 90.1 Å². The number of nitrogens with two attached hydrogens (primary N) is 2. The number of benzene rings is 2. The maximum Gasteiger partial charge on any atom is 0.508 e. The normalized spacial score (nSPS) is 11.3. The number of hydrogen-bond acceptors (Lipinski definition) is 10. The number of carbonyl (C=O) groups excluding carboxylic acids is 3. The number of anilines is 4. The first-order chi connectivity index (χ1) is 18.1. The largest absolute Gasteiger partial charge is 0.508 e. The first kappa shape index (κ1) is 31.1. The molecule has 4 N–H and O–H groups in total. The molecule has 0 unspecified atom stereocenters. The highest BCUT2D eigenvalue weighted by Gasteiger charge is 2.26. The summed E-state index contributed by atoms with van der Waals surface area (Å²) in [5.74, 6) is -0.625. The summed E-state index contributed by atoms with van der Waals surface area (Å²) in [6.45, 7) is 10.8. The SMILES string of the molecule is CC(C)(C)OC(=O)OCCN(CCOC(=O)CN(C(=O)OC(C)(C)C)c1ccc(N)cc1)c1ccc(N)cc1. The van der Waals surface area contributed by atoms with Gasteiger partial charge in [-0.25, -0.2) is 9.59 Å². The van der Waals surface area contributed by atoms with Crippen LogP contribution in [0.2, 0.25) is 0 Å². The molecule has 1 amide bonds. The van der Waals surface area contributed by atoms with Gasteiger partial charge in [0.1, 0.15) is 31.0 Å². The standard InChI is InChI=1S/C28H40N4O7/c1-27(2,3)38-25(34)32(23-13-9-21(30)10-14-23)19-24(33)36-17-15-31(22-11-7-20(29)8-12-22)16-18-37-26(35)39-28(4,5)6/h7-14H,15-19,29-30H2,1-6H3. The van der Waals surface area contributed by atoms with E-state index in [2.05, 4.69) is 0 Å². The molecule has 0 aliphatic carbocycles. The Morgan fingerprint density at radius 1 is 0.692 bits per heavy atom. The molecular weight excluding hydrogens is 504 g/mol. The van der Waals surface area contributed by atoms with Crippen LogP contribution in [0.1, 0.15) is 41.5 Å². The summed E-state index contributed by atoms with van der Waals surface area (Å²) >= 11 is 0. The van der Waals surface area contributed by atoms with Crippen molar-refractivity contribution < 1.29 is 33.3 Å². The van der Waals surface area contributed by atoms with Gasteiger partial charge in [0.25, 0.3) is 0 Å². The van der Waals surface area contributed by atoms with Crippen LogP contribution in [0, 0.1) is 0 Å². The lowest BCUT2D eigenvalue weighted by molar-refractivity contribution is -0.141. The minimum Gasteiger partial charge on any atom is -0.462 e. The molecule has 0 atom stereocenters. The summed E-state index contributed by atoms with van der Waals surface area (Å²) < 4.78 is 21.3. The van der Waals surface area contributed by atoms with E-state index in [4.69, 9.17) is 30.4 Å². The Labute approximate surface area is 229 Å². The number of amides is 1. The maximum atomic E-state index is 12.8. The van der Waals surface area contributed by atoms with Gasteiger partial charge in [0.15, 0.2) is 0 Å². The Hall–Kier alpha value is -4.15. The Balaban J connectivity index is 2.02. The van der Waals surface area contributed by atoms with E-state index in [0.717, 1.165) is 5.69 Å². The van der Waals surface area contributed by atoms with E-state index in [-0.39, 0.29) is 19.8 Å². The quantitative estimate of drug-likeness (QED) is 0.247. The molecule has 0 heterocycles. The van der Waals surface area contributed by atoms with Crippen molar-refractivity contribution in [2.75, 3.05) is 54.1 Å². The molecule has 0 spiro atoms. The van der Waals surface area contributed by atoms with E-state index in [1.54, 1.807) is 77.9 Å². The summed E-state index contributed by atoms with van der Waals surface area (Å²) in [7, 11) is 0. The summed E-state index contributed by atoms with van der Waals surface area (Å²) in [6, 6.07) is 13.6. The summed E-state index contributed by atoms with van der Waals surface area (Å²) in [5, 5.41) is 0. The Bertz CT molecular complexity index is 1090. The number of rotatable bonds is 10. The zero-order valence-corrected chi connectivity index (χ0v) is 23.6. The fourth-order valence-electron chi connectivity index (χ4n) is 3.25. The average Bonchev–Trinajstić information content (AvgIpc) is 2.80. The molecule has 0 aromatic heterocycles. The fraction of sp³-hybridized carbons (Fsp3) is 0.464. The van der Waals surface area contributed by atoms with Crippen LogP contribution in [0.4, 0.5) is 32.3 Å². The zero-order valence-electron chi connectivity index (χ0n) is 23.6. The van der Waals surface area contributed by atoms with Crippen molar-refractivity contribution >= 4 is 41.0 Å². The number of carbonyl (C=O) groups is 3. The molecule has 2 aromatic rings. The molecule has 2 aromatic carbocycles. The van der Waals surface area contributed by atoms with Crippen molar-refractivity contribution in [3.05, 3.63) is 48.5 Å². The van der Waals surface area contributed by atoms with Crippen molar-refractivity contribution in [2.24, 2.45) is 0 Å². The van der Waals surface area contributed by atoms with E-state index >= 15 is 0 Å². The van der Waals surface area contributed by atoms with Crippen LogP contribution in [-0.2, 0) is 23.7 Å². The van der Waals surface area contributed by atoms with E-state index in [1.807, 2.05) is 17.0 Å².